The Bertz CT molecular complexity index is 201. The number of nitrogens with zero attached hydrogens (tertiary/aromatic N) is 1. The first-order valence-electron chi connectivity index (χ1n) is 6.41. The Hall–Kier alpha value is -0.120. The summed E-state index contributed by atoms with van der Waals surface area (Å²) < 4.78 is 5.14. The molecular weight excluding hydrogens is 200 g/mol. The highest BCUT2D eigenvalue weighted by Crippen LogP contribution is 2.26. The Kier molecular flexibility index (Phi) is 5.22. The van der Waals surface area contributed by atoms with Crippen molar-refractivity contribution in [2.75, 3.05) is 33.4 Å². The lowest BCUT2D eigenvalue weighted by molar-refractivity contribution is 0.0511. The fraction of sp³-hybridized carbons (Fsp3) is 1.00. The molecule has 1 heterocycles. The molecule has 0 aromatic heterocycles. The number of hydrogen-bond acceptors (Lipinski definition) is 3. The van der Waals surface area contributed by atoms with Crippen molar-refractivity contribution in [1.29, 1.82) is 0 Å². The Balaban J connectivity index is 2.51. The van der Waals surface area contributed by atoms with Crippen LogP contribution < -0.4 is 5.32 Å². The van der Waals surface area contributed by atoms with Gasteiger partial charge in [0.2, 0.25) is 0 Å². The highest BCUT2D eigenvalue weighted by atomic mass is 16.5. The molecule has 0 spiro atoms. The van der Waals surface area contributed by atoms with Crippen molar-refractivity contribution in [2.45, 2.75) is 46.2 Å². The van der Waals surface area contributed by atoms with Gasteiger partial charge in [-0.3, -0.25) is 4.90 Å². The Labute approximate surface area is 101 Å². The summed E-state index contributed by atoms with van der Waals surface area (Å²) in [7, 11) is 1.78. The fourth-order valence-electron chi connectivity index (χ4n) is 2.50. The van der Waals surface area contributed by atoms with Gasteiger partial charge in [-0.1, -0.05) is 20.8 Å². The van der Waals surface area contributed by atoms with Crippen molar-refractivity contribution >= 4 is 0 Å². The van der Waals surface area contributed by atoms with Crippen LogP contribution >= 0.6 is 0 Å². The standard InChI is InChI=1S/C13H28N2O/c1-11-10-15(7-6-8-16-5)12(9-14-11)13(2,3)4/h11-12,14H,6-10H2,1-5H3. The molecule has 1 saturated heterocycles. The zero-order chi connectivity index (χ0) is 12.2. The molecule has 1 aliphatic heterocycles. The van der Waals surface area contributed by atoms with E-state index in [1.54, 1.807) is 7.11 Å². The highest BCUT2D eigenvalue weighted by molar-refractivity contribution is 4.91. The Morgan fingerprint density at radius 3 is 2.62 bits per heavy atom. The first kappa shape index (κ1) is 13.9. The SMILES string of the molecule is COCCCN1CC(C)NCC1C(C)(C)C. The summed E-state index contributed by atoms with van der Waals surface area (Å²) in [5.41, 5.74) is 0.347. The minimum absolute atomic E-state index is 0.347. The maximum absolute atomic E-state index is 5.14. The number of nitrogens with one attached hydrogen (secondary N) is 1. The van der Waals surface area contributed by atoms with Crippen LogP contribution in [0.3, 0.4) is 0 Å². The molecule has 0 aliphatic carbocycles. The second-order valence-corrected chi connectivity index (χ2v) is 6.03. The predicted molar refractivity (Wildman–Crippen MR) is 68.8 cm³/mol. The minimum atomic E-state index is 0.347. The van der Waals surface area contributed by atoms with Gasteiger partial charge in [-0.2, -0.15) is 0 Å². The number of piperazine rings is 1. The third-order valence-electron chi connectivity index (χ3n) is 3.40. The Morgan fingerprint density at radius 1 is 1.38 bits per heavy atom. The van der Waals surface area contributed by atoms with Gasteiger partial charge in [0.05, 0.1) is 0 Å². The molecule has 0 bridgehead atoms. The van der Waals surface area contributed by atoms with E-state index in [0.29, 0.717) is 17.5 Å². The number of ether oxygens (including phenoxy) is 1. The maximum Gasteiger partial charge on any atom is 0.0474 e. The van der Waals surface area contributed by atoms with Gasteiger partial charge in [-0.25, -0.2) is 0 Å². The fourth-order valence-corrected chi connectivity index (χ4v) is 2.50. The van der Waals surface area contributed by atoms with Crippen LogP contribution in [0.25, 0.3) is 0 Å². The highest BCUT2D eigenvalue weighted by Gasteiger charge is 2.33. The van der Waals surface area contributed by atoms with E-state index >= 15 is 0 Å². The van der Waals surface area contributed by atoms with Crippen molar-refractivity contribution in [1.82, 2.24) is 10.2 Å². The topological polar surface area (TPSA) is 24.5 Å². The monoisotopic (exact) mass is 228 g/mol. The van der Waals surface area contributed by atoms with E-state index in [2.05, 4.69) is 37.9 Å². The lowest BCUT2D eigenvalue weighted by Crippen LogP contribution is -2.59. The van der Waals surface area contributed by atoms with Gasteiger partial charge >= 0.3 is 0 Å². The second kappa shape index (κ2) is 5.99. The van der Waals surface area contributed by atoms with Gasteiger partial charge < -0.3 is 10.1 Å². The van der Waals surface area contributed by atoms with E-state index in [0.717, 1.165) is 32.7 Å². The van der Waals surface area contributed by atoms with Gasteiger partial charge in [-0.15, -0.1) is 0 Å². The van der Waals surface area contributed by atoms with Crippen LogP contribution in [-0.2, 0) is 4.74 Å². The lowest BCUT2D eigenvalue weighted by Gasteiger charge is -2.45. The summed E-state index contributed by atoms with van der Waals surface area (Å²) in [6.45, 7) is 13.6. The summed E-state index contributed by atoms with van der Waals surface area (Å²) in [5.74, 6) is 0. The van der Waals surface area contributed by atoms with Gasteiger partial charge in [0.15, 0.2) is 0 Å². The van der Waals surface area contributed by atoms with Crippen molar-refractivity contribution in [3.05, 3.63) is 0 Å². The smallest absolute Gasteiger partial charge is 0.0474 e. The number of hydrogen-bond donors (Lipinski definition) is 1. The van der Waals surface area contributed by atoms with Gasteiger partial charge in [0.1, 0.15) is 0 Å². The molecular formula is C13H28N2O. The summed E-state index contributed by atoms with van der Waals surface area (Å²) in [5, 5.41) is 3.59. The molecule has 2 unspecified atom stereocenters. The van der Waals surface area contributed by atoms with Crippen LogP contribution in [0.5, 0.6) is 0 Å². The third-order valence-corrected chi connectivity index (χ3v) is 3.40. The van der Waals surface area contributed by atoms with E-state index < -0.39 is 0 Å². The van der Waals surface area contributed by atoms with Gasteiger partial charge in [-0.05, 0) is 18.8 Å². The maximum atomic E-state index is 5.14. The van der Waals surface area contributed by atoms with Crippen LogP contribution in [0.15, 0.2) is 0 Å². The van der Waals surface area contributed by atoms with Crippen LogP contribution in [0.2, 0.25) is 0 Å². The summed E-state index contributed by atoms with van der Waals surface area (Å²) >= 11 is 0. The van der Waals surface area contributed by atoms with Crippen LogP contribution in [0.4, 0.5) is 0 Å². The van der Waals surface area contributed by atoms with Crippen molar-refractivity contribution < 1.29 is 4.74 Å². The minimum Gasteiger partial charge on any atom is -0.385 e. The molecule has 0 aromatic carbocycles. The van der Waals surface area contributed by atoms with E-state index in [1.165, 1.54) is 0 Å². The van der Waals surface area contributed by atoms with Crippen molar-refractivity contribution in [3.63, 3.8) is 0 Å². The number of methoxy groups -OCH3 is 1. The van der Waals surface area contributed by atoms with E-state index in [4.69, 9.17) is 4.74 Å². The zero-order valence-corrected chi connectivity index (χ0v) is 11.5. The second-order valence-electron chi connectivity index (χ2n) is 6.03. The largest absolute Gasteiger partial charge is 0.385 e. The van der Waals surface area contributed by atoms with E-state index in [1.807, 2.05) is 0 Å². The van der Waals surface area contributed by atoms with E-state index in [-0.39, 0.29) is 0 Å². The average molecular weight is 228 g/mol. The predicted octanol–water partition coefficient (Wildman–Crippen LogP) is 1.73. The molecule has 0 radical (unpaired) electrons. The van der Waals surface area contributed by atoms with E-state index in [9.17, 15) is 0 Å². The quantitative estimate of drug-likeness (QED) is 0.742. The van der Waals surface area contributed by atoms with Crippen LogP contribution in [0.1, 0.15) is 34.1 Å². The molecule has 1 aliphatic rings. The molecule has 0 aromatic rings. The zero-order valence-electron chi connectivity index (χ0n) is 11.5. The lowest BCUT2D eigenvalue weighted by atomic mass is 9.84. The summed E-state index contributed by atoms with van der Waals surface area (Å²) in [6.07, 6.45) is 1.13. The molecule has 2 atom stereocenters. The molecule has 16 heavy (non-hydrogen) atoms. The van der Waals surface area contributed by atoms with Crippen molar-refractivity contribution in [3.8, 4) is 0 Å². The molecule has 96 valence electrons. The third kappa shape index (κ3) is 4.04. The molecule has 1 fully saturated rings. The average Bonchev–Trinajstić information content (AvgIpc) is 2.16. The van der Waals surface area contributed by atoms with Gasteiger partial charge in [0, 0.05) is 45.4 Å². The molecule has 1 N–H and O–H groups in total. The molecule has 0 amide bonds. The molecule has 3 nitrogen and oxygen atoms in total. The van der Waals surface area contributed by atoms with Crippen LogP contribution in [-0.4, -0.2) is 50.3 Å². The molecule has 0 saturated carbocycles. The summed E-state index contributed by atoms with van der Waals surface area (Å²) in [6, 6.07) is 1.25. The normalized spacial score (nSPS) is 28.3. The molecule has 3 heteroatoms. The first-order chi connectivity index (χ1) is 7.45. The number of rotatable bonds is 4. The van der Waals surface area contributed by atoms with Gasteiger partial charge in [0.25, 0.3) is 0 Å². The summed E-state index contributed by atoms with van der Waals surface area (Å²) in [4.78, 5) is 2.63. The molecule has 1 rings (SSSR count). The van der Waals surface area contributed by atoms with Crippen LogP contribution in [0, 0.1) is 5.41 Å². The Morgan fingerprint density at radius 2 is 2.06 bits per heavy atom. The first-order valence-corrected chi connectivity index (χ1v) is 6.41. The van der Waals surface area contributed by atoms with Crippen molar-refractivity contribution in [2.24, 2.45) is 5.41 Å².